The second-order valence-corrected chi connectivity index (χ2v) is 6.74. The predicted molar refractivity (Wildman–Crippen MR) is 69.0 cm³/mol. The molecule has 19 heavy (non-hydrogen) atoms. The Morgan fingerprint density at radius 2 is 2.11 bits per heavy atom. The molecule has 1 aliphatic heterocycles. The maximum absolute atomic E-state index is 11.5. The number of aliphatic carboxylic acids is 1. The number of hydrogen-bond donors (Lipinski definition) is 1. The quantitative estimate of drug-likeness (QED) is 0.587. The molecule has 1 fully saturated rings. The third-order valence-electron chi connectivity index (χ3n) is 3.02. The molecule has 1 atom stereocenters. The van der Waals surface area contributed by atoms with E-state index in [1.54, 1.807) is 7.11 Å². The van der Waals surface area contributed by atoms with Gasteiger partial charge in [-0.25, -0.2) is 8.42 Å². The van der Waals surface area contributed by atoms with E-state index in [4.69, 9.17) is 14.6 Å². The molecule has 0 aromatic carbocycles. The van der Waals surface area contributed by atoms with Crippen molar-refractivity contribution in [2.45, 2.75) is 12.5 Å². The van der Waals surface area contributed by atoms with Gasteiger partial charge in [-0.3, -0.25) is 9.69 Å². The minimum atomic E-state index is -3.12. The summed E-state index contributed by atoms with van der Waals surface area (Å²) >= 11 is 0. The summed E-state index contributed by atoms with van der Waals surface area (Å²) in [6.07, 6.45) is -0.155. The van der Waals surface area contributed by atoms with Crippen LogP contribution in [0.2, 0.25) is 0 Å². The van der Waals surface area contributed by atoms with Gasteiger partial charge in [-0.05, 0) is 0 Å². The SMILES string of the molecule is COCCOCCN1CCS(=O)(=O)CC1CC(=O)O. The van der Waals surface area contributed by atoms with Gasteiger partial charge in [0.2, 0.25) is 0 Å². The van der Waals surface area contributed by atoms with E-state index in [2.05, 4.69) is 0 Å². The fourth-order valence-electron chi connectivity index (χ4n) is 2.03. The van der Waals surface area contributed by atoms with Crippen molar-refractivity contribution in [1.82, 2.24) is 4.90 Å². The van der Waals surface area contributed by atoms with Gasteiger partial charge in [-0.1, -0.05) is 0 Å². The van der Waals surface area contributed by atoms with Gasteiger partial charge in [0.25, 0.3) is 0 Å². The molecule has 0 aromatic heterocycles. The highest BCUT2D eigenvalue weighted by Gasteiger charge is 2.32. The van der Waals surface area contributed by atoms with Gasteiger partial charge in [0.05, 0.1) is 37.7 Å². The Bertz CT molecular complexity index is 383. The number of ether oxygens (including phenoxy) is 2. The van der Waals surface area contributed by atoms with Crippen LogP contribution in [-0.4, -0.2) is 82.0 Å². The van der Waals surface area contributed by atoms with Crippen LogP contribution in [0.1, 0.15) is 6.42 Å². The molecule has 1 N–H and O–H groups in total. The lowest BCUT2D eigenvalue weighted by Crippen LogP contribution is -2.50. The highest BCUT2D eigenvalue weighted by atomic mass is 32.2. The molecule has 1 saturated heterocycles. The lowest BCUT2D eigenvalue weighted by molar-refractivity contribution is -0.138. The van der Waals surface area contributed by atoms with Crippen molar-refractivity contribution in [3.8, 4) is 0 Å². The summed E-state index contributed by atoms with van der Waals surface area (Å²) < 4.78 is 33.2. The molecule has 0 saturated carbocycles. The first kappa shape index (κ1) is 16.4. The fourth-order valence-corrected chi connectivity index (χ4v) is 3.63. The maximum Gasteiger partial charge on any atom is 0.304 e. The molecule has 0 amide bonds. The zero-order valence-corrected chi connectivity index (χ0v) is 11.9. The van der Waals surface area contributed by atoms with E-state index in [-0.39, 0.29) is 17.9 Å². The van der Waals surface area contributed by atoms with E-state index in [1.807, 2.05) is 4.90 Å². The van der Waals surface area contributed by atoms with Gasteiger partial charge in [-0.2, -0.15) is 0 Å². The number of nitrogens with zero attached hydrogens (tertiary/aromatic N) is 1. The van der Waals surface area contributed by atoms with Crippen molar-refractivity contribution in [3.05, 3.63) is 0 Å². The van der Waals surface area contributed by atoms with Gasteiger partial charge < -0.3 is 14.6 Å². The fraction of sp³-hybridized carbons (Fsp3) is 0.909. The average Bonchev–Trinajstić information content (AvgIpc) is 2.30. The van der Waals surface area contributed by atoms with Crippen LogP contribution in [-0.2, 0) is 24.1 Å². The smallest absolute Gasteiger partial charge is 0.304 e. The maximum atomic E-state index is 11.5. The minimum Gasteiger partial charge on any atom is -0.481 e. The molecule has 1 heterocycles. The lowest BCUT2D eigenvalue weighted by atomic mass is 10.2. The summed E-state index contributed by atoms with van der Waals surface area (Å²) in [5, 5.41) is 8.83. The van der Waals surface area contributed by atoms with Crippen molar-refractivity contribution in [2.75, 3.05) is 51.5 Å². The molecule has 0 radical (unpaired) electrons. The number of methoxy groups -OCH3 is 1. The van der Waals surface area contributed by atoms with E-state index in [0.717, 1.165) is 0 Å². The second kappa shape index (κ2) is 7.78. The first-order valence-corrected chi connectivity index (χ1v) is 7.99. The summed E-state index contributed by atoms with van der Waals surface area (Å²) in [5.41, 5.74) is 0. The van der Waals surface area contributed by atoms with Crippen LogP contribution in [0.5, 0.6) is 0 Å². The van der Waals surface area contributed by atoms with Gasteiger partial charge in [0.15, 0.2) is 9.84 Å². The number of carboxylic acid groups (broad SMARTS) is 1. The number of sulfone groups is 1. The Morgan fingerprint density at radius 1 is 1.37 bits per heavy atom. The Kier molecular flexibility index (Phi) is 6.70. The molecular formula is C11H21NO6S. The van der Waals surface area contributed by atoms with Crippen LogP contribution in [0.25, 0.3) is 0 Å². The monoisotopic (exact) mass is 295 g/mol. The summed E-state index contributed by atoms with van der Waals surface area (Å²) in [6.45, 7) is 2.34. The molecular weight excluding hydrogens is 274 g/mol. The Morgan fingerprint density at radius 3 is 2.74 bits per heavy atom. The molecule has 0 aliphatic carbocycles. The predicted octanol–water partition coefficient (Wildman–Crippen LogP) is -0.777. The molecule has 0 bridgehead atoms. The Hall–Kier alpha value is -0.700. The molecule has 1 unspecified atom stereocenters. The molecule has 1 rings (SSSR count). The van der Waals surface area contributed by atoms with Crippen LogP contribution < -0.4 is 0 Å². The van der Waals surface area contributed by atoms with Crippen LogP contribution in [0.15, 0.2) is 0 Å². The number of carboxylic acids is 1. The van der Waals surface area contributed by atoms with Crippen LogP contribution in [0, 0.1) is 0 Å². The van der Waals surface area contributed by atoms with Gasteiger partial charge in [0, 0.05) is 26.2 Å². The van der Waals surface area contributed by atoms with Crippen LogP contribution >= 0.6 is 0 Å². The summed E-state index contributed by atoms with van der Waals surface area (Å²) in [7, 11) is -1.53. The minimum absolute atomic E-state index is 0.0845. The number of rotatable bonds is 8. The van der Waals surface area contributed by atoms with E-state index in [0.29, 0.717) is 32.9 Å². The first-order chi connectivity index (χ1) is 8.94. The summed E-state index contributed by atoms with van der Waals surface area (Å²) in [6, 6.07) is -0.456. The largest absolute Gasteiger partial charge is 0.481 e. The number of carbonyl (C=O) groups is 1. The average molecular weight is 295 g/mol. The molecule has 0 spiro atoms. The van der Waals surface area contributed by atoms with E-state index >= 15 is 0 Å². The standard InChI is InChI=1S/C11H21NO6S/c1-17-5-6-18-4-2-12-3-7-19(15,16)9-10(12)8-11(13)14/h10H,2-9H2,1H3,(H,13,14). The van der Waals surface area contributed by atoms with Gasteiger partial charge >= 0.3 is 5.97 Å². The lowest BCUT2D eigenvalue weighted by Gasteiger charge is -2.34. The molecule has 0 aromatic rings. The summed E-state index contributed by atoms with van der Waals surface area (Å²) in [4.78, 5) is 12.6. The molecule has 112 valence electrons. The van der Waals surface area contributed by atoms with Crippen molar-refractivity contribution in [3.63, 3.8) is 0 Å². The van der Waals surface area contributed by atoms with Gasteiger partial charge in [-0.15, -0.1) is 0 Å². The van der Waals surface area contributed by atoms with Crippen molar-refractivity contribution in [2.24, 2.45) is 0 Å². The van der Waals surface area contributed by atoms with Gasteiger partial charge in [0.1, 0.15) is 0 Å². The third kappa shape index (κ3) is 6.33. The Balaban J connectivity index is 2.42. The second-order valence-electron chi connectivity index (χ2n) is 4.51. The molecule has 8 heteroatoms. The third-order valence-corrected chi connectivity index (χ3v) is 4.71. The first-order valence-electron chi connectivity index (χ1n) is 6.17. The van der Waals surface area contributed by atoms with E-state index < -0.39 is 21.8 Å². The highest BCUT2D eigenvalue weighted by Crippen LogP contribution is 2.14. The Labute approximate surface area is 113 Å². The highest BCUT2D eigenvalue weighted by molar-refractivity contribution is 7.91. The zero-order valence-electron chi connectivity index (χ0n) is 11.1. The van der Waals surface area contributed by atoms with Crippen molar-refractivity contribution < 1.29 is 27.8 Å². The summed E-state index contributed by atoms with van der Waals surface area (Å²) in [5.74, 6) is -0.981. The van der Waals surface area contributed by atoms with Crippen LogP contribution in [0.4, 0.5) is 0 Å². The van der Waals surface area contributed by atoms with E-state index in [1.165, 1.54) is 0 Å². The topological polar surface area (TPSA) is 93.1 Å². The molecule has 1 aliphatic rings. The zero-order chi connectivity index (χ0) is 14.3. The van der Waals surface area contributed by atoms with Crippen molar-refractivity contribution >= 4 is 15.8 Å². The van der Waals surface area contributed by atoms with Crippen LogP contribution in [0.3, 0.4) is 0 Å². The molecule has 7 nitrogen and oxygen atoms in total. The number of hydrogen-bond acceptors (Lipinski definition) is 6. The van der Waals surface area contributed by atoms with E-state index in [9.17, 15) is 13.2 Å². The van der Waals surface area contributed by atoms with Crippen molar-refractivity contribution in [1.29, 1.82) is 0 Å². The normalized spacial score (nSPS) is 23.3.